The van der Waals surface area contributed by atoms with Crippen molar-refractivity contribution in [3.05, 3.63) is 34.3 Å². The van der Waals surface area contributed by atoms with Gasteiger partial charge >= 0.3 is 0 Å². The van der Waals surface area contributed by atoms with Gasteiger partial charge in [-0.2, -0.15) is 0 Å². The van der Waals surface area contributed by atoms with Gasteiger partial charge in [-0.15, -0.1) is 0 Å². The molecule has 2 heterocycles. The van der Waals surface area contributed by atoms with E-state index in [1.54, 1.807) is 13.0 Å². The SMILES string of the molecule is Cc1cc(-c2ncc(Br)cc2F)on1. The van der Waals surface area contributed by atoms with Gasteiger partial charge in [0.05, 0.1) is 5.69 Å². The van der Waals surface area contributed by atoms with Gasteiger partial charge < -0.3 is 4.52 Å². The first-order chi connectivity index (χ1) is 6.66. The summed E-state index contributed by atoms with van der Waals surface area (Å²) < 4.78 is 18.9. The van der Waals surface area contributed by atoms with Crippen molar-refractivity contribution < 1.29 is 8.91 Å². The number of aryl methyl sites for hydroxylation is 1. The second-order valence-electron chi connectivity index (χ2n) is 2.82. The van der Waals surface area contributed by atoms with E-state index < -0.39 is 5.82 Å². The van der Waals surface area contributed by atoms with E-state index in [9.17, 15) is 4.39 Å². The molecule has 0 aliphatic rings. The Morgan fingerprint density at radius 2 is 2.21 bits per heavy atom. The van der Waals surface area contributed by atoms with Crippen molar-refractivity contribution in [3.63, 3.8) is 0 Å². The van der Waals surface area contributed by atoms with Crippen molar-refractivity contribution >= 4 is 15.9 Å². The summed E-state index contributed by atoms with van der Waals surface area (Å²) in [5.74, 6) is -0.0944. The van der Waals surface area contributed by atoms with Crippen LogP contribution >= 0.6 is 15.9 Å². The zero-order valence-electron chi connectivity index (χ0n) is 7.29. The average molecular weight is 257 g/mol. The molecule has 0 amide bonds. The highest BCUT2D eigenvalue weighted by Crippen LogP contribution is 2.23. The summed E-state index contributed by atoms with van der Waals surface area (Å²) in [4.78, 5) is 3.91. The van der Waals surface area contributed by atoms with E-state index in [2.05, 4.69) is 26.1 Å². The summed E-state index contributed by atoms with van der Waals surface area (Å²) in [5.41, 5.74) is 0.873. The highest BCUT2D eigenvalue weighted by Gasteiger charge is 2.11. The van der Waals surface area contributed by atoms with Crippen molar-refractivity contribution in [2.45, 2.75) is 6.92 Å². The van der Waals surface area contributed by atoms with E-state index in [0.29, 0.717) is 15.9 Å². The Morgan fingerprint density at radius 1 is 1.43 bits per heavy atom. The number of halogens is 2. The number of aromatic nitrogens is 2. The van der Waals surface area contributed by atoms with Gasteiger partial charge in [-0.1, -0.05) is 5.16 Å². The summed E-state index contributed by atoms with van der Waals surface area (Å²) >= 11 is 3.13. The Bertz CT molecular complexity index is 470. The number of rotatable bonds is 1. The summed E-state index contributed by atoms with van der Waals surface area (Å²) in [7, 11) is 0. The maximum absolute atomic E-state index is 13.4. The zero-order chi connectivity index (χ0) is 10.1. The molecule has 0 saturated carbocycles. The Balaban J connectivity index is 2.52. The summed E-state index contributed by atoms with van der Waals surface area (Å²) in [5, 5.41) is 3.66. The minimum absolute atomic E-state index is 0.175. The second-order valence-corrected chi connectivity index (χ2v) is 3.73. The van der Waals surface area contributed by atoms with Gasteiger partial charge in [0.15, 0.2) is 11.6 Å². The van der Waals surface area contributed by atoms with Gasteiger partial charge in [-0.3, -0.25) is 0 Å². The van der Waals surface area contributed by atoms with E-state index >= 15 is 0 Å². The lowest BCUT2D eigenvalue weighted by atomic mass is 10.2. The third kappa shape index (κ3) is 1.68. The maximum Gasteiger partial charge on any atom is 0.188 e. The van der Waals surface area contributed by atoms with Crippen LogP contribution in [0.25, 0.3) is 11.5 Å². The summed E-state index contributed by atoms with van der Waals surface area (Å²) in [6.45, 7) is 1.77. The molecule has 0 bridgehead atoms. The molecule has 0 fully saturated rings. The van der Waals surface area contributed by atoms with Crippen LogP contribution in [0.4, 0.5) is 4.39 Å². The Labute approximate surface area is 88.1 Å². The van der Waals surface area contributed by atoms with Gasteiger partial charge in [0, 0.05) is 16.7 Å². The van der Waals surface area contributed by atoms with Crippen LogP contribution in [0, 0.1) is 12.7 Å². The monoisotopic (exact) mass is 256 g/mol. The molecule has 0 atom stereocenters. The molecule has 5 heteroatoms. The number of pyridine rings is 1. The first-order valence-electron chi connectivity index (χ1n) is 3.91. The van der Waals surface area contributed by atoms with Crippen molar-refractivity contribution in [3.8, 4) is 11.5 Å². The van der Waals surface area contributed by atoms with Crippen LogP contribution in [-0.4, -0.2) is 10.1 Å². The highest BCUT2D eigenvalue weighted by molar-refractivity contribution is 9.10. The Hall–Kier alpha value is -1.23. The quantitative estimate of drug-likeness (QED) is 0.788. The van der Waals surface area contributed by atoms with Crippen LogP contribution in [0.1, 0.15) is 5.69 Å². The van der Waals surface area contributed by atoms with Gasteiger partial charge in [0.2, 0.25) is 0 Å². The van der Waals surface area contributed by atoms with Gasteiger partial charge in [-0.25, -0.2) is 9.37 Å². The predicted octanol–water partition coefficient (Wildman–Crippen LogP) is 2.95. The molecule has 0 spiro atoms. The van der Waals surface area contributed by atoms with E-state index in [1.165, 1.54) is 12.3 Å². The predicted molar refractivity (Wildman–Crippen MR) is 52.1 cm³/mol. The fourth-order valence-corrected chi connectivity index (χ4v) is 1.37. The van der Waals surface area contributed by atoms with E-state index in [0.717, 1.165) is 0 Å². The molecule has 0 unspecified atom stereocenters. The number of nitrogens with zero attached hydrogens (tertiary/aromatic N) is 2. The van der Waals surface area contributed by atoms with Gasteiger partial charge in [0.1, 0.15) is 5.69 Å². The lowest BCUT2D eigenvalue weighted by Gasteiger charge is -1.96. The van der Waals surface area contributed by atoms with Gasteiger partial charge in [-0.05, 0) is 28.9 Å². The lowest BCUT2D eigenvalue weighted by Crippen LogP contribution is -1.87. The standard InChI is InChI=1S/C9H6BrFN2O/c1-5-2-8(14-13-5)9-7(11)3-6(10)4-12-9/h2-4H,1H3. The molecule has 2 aromatic rings. The first-order valence-corrected chi connectivity index (χ1v) is 4.71. The first kappa shape index (κ1) is 9.33. The Kier molecular flexibility index (Phi) is 2.33. The molecule has 72 valence electrons. The van der Waals surface area contributed by atoms with Gasteiger partial charge in [0.25, 0.3) is 0 Å². The molecule has 0 aliphatic carbocycles. The molecule has 0 aliphatic heterocycles. The summed E-state index contributed by atoms with van der Waals surface area (Å²) in [6.07, 6.45) is 1.51. The van der Waals surface area contributed by atoms with Crippen LogP contribution < -0.4 is 0 Å². The minimum atomic E-state index is -0.435. The lowest BCUT2D eigenvalue weighted by molar-refractivity contribution is 0.423. The second kappa shape index (κ2) is 3.49. The third-order valence-electron chi connectivity index (χ3n) is 1.67. The summed E-state index contributed by atoms with van der Waals surface area (Å²) in [6, 6.07) is 2.97. The van der Waals surface area contributed by atoms with Crippen LogP contribution in [0.15, 0.2) is 27.3 Å². The topological polar surface area (TPSA) is 38.9 Å². The smallest absolute Gasteiger partial charge is 0.188 e. The Morgan fingerprint density at radius 3 is 2.79 bits per heavy atom. The number of hydrogen-bond donors (Lipinski definition) is 0. The third-order valence-corrected chi connectivity index (χ3v) is 2.10. The fourth-order valence-electron chi connectivity index (χ4n) is 1.07. The normalized spacial score (nSPS) is 10.5. The maximum atomic E-state index is 13.4. The van der Waals surface area contributed by atoms with Crippen molar-refractivity contribution in [1.82, 2.24) is 10.1 Å². The fraction of sp³-hybridized carbons (Fsp3) is 0.111. The molecule has 0 saturated heterocycles. The van der Waals surface area contributed by atoms with E-state index in [4.69, 9.17) is 4.52 Å². The number of hydrogen-bond acceptors (Lipinski definition) is 3. The molecule has 0 radical (unpaired) electrons. The molecule has 14 heavy (non-hydrogen) atoms. The zero-order valence-corrected chi connectivity index (χ0v) is 8.88. The molecular weight excluding hydrogens is 251 g/mol. The highest BCUT2D eigenvalue weighted by atomic mass is 79.9. The molecular formula is C9H6BrFN2O. The molecule has 3 nitrogen and oxygen atoms in total. The van der Waals surface area contributed by atoms with Crippen molar-refractivity contribution in [1.29, 1.82) is 0 Å². The molecule has 2 aromatic heterocycles. The average Bonchev–Trinajstić information content (AvgIpc) is 2.51. The molecule has 0 aromatic carbocycles. The van der Waals surface area contributed by atoms with Crippen molar-refractivity contribution in [2.24, 2.45) is 0 Å². The molecule has 2 rings (SSSR count). The minimum Gasteiger partial charge on any atom is -0.354 e. The van der Waals surface area contributed by atoms with Crippen LogP contribution in [0.2, 0.25) is 0 Å². The van der Waals surface area contributed by atoms with Crippen molar-refractivity contribution in [2.75, 3.05) is 0 Å². The van der Waals surface area contributed by atoms with E-state index in [-0.39, 0.29) is 5.69 Å². The van der Waals surface area contributed by atoms with Crippen LogP contribution in [0.5, 0.6) is 0 Å². The van der Waals surface area contributed by atoms with E-state index in [1.807, 2.05) is 0 Å². The molecule has 0 N–H and O–H groups in total. The van der Waals surface area contributed by atoms with Crippen LogP contribution in [0.3, 0.4) is 0 Å². The largest absolute Gasteiger partial charge is 0.354 e. The van der Waals surface area contributed by atoms with Crippen LogP contribution in [-0.2, 0) is 0 Å².